The molecule has 2 rings (SSSR count). The second kappa shape index (κ2) is 14.7. The minimum atomic E-state index is -1.28. The number of amides is 2. The second-order valence-corrected chi connectivity index (χ2v) is 7.84. The van der Waals surface area contributed by atoms with E-state index < -0.39 is 24.1 Å². The molecular weight excluding hydrogens is 420 g/mol. The number of alkyl carbamates (subject to hydrolysis) is 1. The van der Waals surface area contributed by atoms with Gasteiger partial charge in [-0.1, -0.05) is 13.3 Å². The number of aliphatic imine (C=N–C) groups is 1. The lowest BCUT2D eigenvalue weighted by molar-refractivity contribution is -0.139. The third-order valence-corrected chi connectivity index (χ3v) is 5.15. The van der Waals surface area contributed by atoms with Gasteiger partial charge in [0.2, 0.25) is 5.91 Å². The molecule has 0 spiro atoms. The van der Waals surface area contributed by atoms with E-state index in [1.807, 2.05) is 13.1 Å². The average molecular weight is 457 g/mol. The minimum absolute atomic E-state index is 0.0106. The first-order valence-electron chi connectivity index (χ1n) is 11.3. The summed E-state index contributed by atoms with van der Waals surface area (Å²) >= 11 is 0. The minimum Gasteiger partial charge on any atom is -0.480 e. The molecule has 2 aliphatic rings. The van der Waals surface area contributed by atoms with Crippen molar-refractivity contribution in [2.24, 2.45) is 4.99 Å². The molecule has 182 valence electrons. The largest absolute Gasteiger partial charge is 0.480 e. The van der Waals surface area contributed by atoms with Gasteiger partial charge in [-0.15, -0.1) is 0 Å². The molecule has 12 heteroatoms. The maximum absolute atomic E-state index is 12.3. The maximum atomic E-state index is 12.3. The van der Waals surface area contributed by atoms with E-state index in [-0.39, 0.29) is 31.5 Å². The van der Waals surface area contributed by atoms with Gasteiger partial charge in [-0.05, 0) is 38.6 Å². The molecule has 1 fully saturated rings. The van der Waals surface area contributed by atoms with Crippen molar-refractivity contribution in [3.05, 3.63) is 0 Å². The summed E-state index contributed by atoms with van der Waals surface area (Å²) in [5, 5.41) is 20.6. The summed E-state index contributed by atoms with van der Waals surface area (Å²) in [7, 11) is 0. The van der Waals surface area contributed by atoms with Gasteiger partial charge in [0.25, 0.3) is 0 Å². The van der Waals surface area contributed by atoms with E-state index in [2.05, 4.69) is 31.7 Å². The molecule has 2 amide bonds. The van der Waals surface area contributed by atoms with E-state index in [1.54, 1.807) is 0 Å². The van der Waals surface area contributed by atoms with Crippen LogP contribution in [0.4, 0.5) is 4.79 Å². The smallest absolute Gasteiger partial charge is 0.407 e. The first-order chi connectivity index (χ1) is 15.5. The van der Waals surface area contributed by atoms with Crippen LogP contribution in [-0.4, -0.2) is 80.0 Å². The fraction of sp³-hybridized carbons (Fsp3) is 0.800. The number of carbonyl (C=O) groups is 3. The molecule has 2 heterocycles. The molecule has 0 aromatic rings. The van der Waals surface area contributed by atoms with Crippen molar-refractivity contribution in [1.82, 2.24) is 26.7 Å². The van der Waals surface area contributed by atoms with Crippen molar-refractivity contribution in [2.75, 3.05) is 26.2 Å². The van der Waals surface area contributed by atoms with Crippen molar-refractivity contribution >= 4 is 24.2 Å². The topological polar surface area (TPSA) is 162 Å². The predicted molar refractivity (Wildman–Crippen MR) is 117 cm³/mol. The molecule has 4 atom stereocenters. The van der Waals surface area contributed by atoms with Crippen LogP contribution in [0.2, 0.25) is 0 Å². The number of nitrogens with zero attached hydrogens (tertiary/aromatic N) is 1. The molecule has 0 saturated carbocycles. The molecule has 4 unspecified atom stereocenters. The van der Waals surface area contributed by atoms with Crippen LogP contribution >= 0.6 is 0 Å². The molecule has 0 aromatic carbocycles. The summed E-state index contributed by atoms with van der Waals surface area (Å²) in [6.45, 7) is 3.68. The molecule has 32 heavy (non-hydrogen) atoms. The van der Waals surface area contributed by atoms with Gasteiger partial charge in [-0.25, -0.2) is 9.59 Å². The van der Waals surface area contributed by atoms with E-state index in [1.165, 1.54) is 0 Å². The number of hydrogen-bond acceptors (Lipinski definition) is 9. The number of carboxylic acids is 1. The summed E-state index contributed by atoms with van der Waals surface area (Å²) in [6, 6.07) is -1.84. The summed E-state index contributed by atoms with van der Waals surface area (Å²) in [5.41, 5.74) is 2.71. The van der Waals surface area contributed by atoms with Gasteiger partial charge in [0.15, 0.2) is 6.29 Å². The molecule has 2 aliphatic heterocycles. The number of carboxylic acid groups (broad SMARTS) is 1. The lowest BCUT2D eigenvalue weighted by Gasteiger charge is -2.19. The molecule has 0 aliphatic carbocycles. The second-order valence-electron chi connectivity index (χ2n) is 7.84. The fourth-order valence-electron chi connectivity index (χ4n) is 3.27. The Morgan fingerprint density at radius 2 is 2.16 bits per heavy atom. The highest BCUT2D eigenvalue weighted by Gasteiger charge is 2.31. The van der Waals surface area contributed by atoms with E-state index in [9.17, 15) is 19.5 Å². The first-order valence-corrected chi connectivity index (χ1v) is 11.3. The standard InChI is InChI=1S/C20H36N6O6/c1-2-3-11-31-20(30)25-16(18(28)29)13-24-17(27)15-12-14(32-26-15)7-4-5-8-21-19-22-9-6-10-23-19/h9,14-16,19,21,23,26H,2-8,10-13H2,1H3,(H,24,27)(H,25,30)(H,28,29). The SMILES string of the molecule is CCCCOC(=O)NC(CNC(=O)C1CC(CCCCNC2N=CCCN2)ON1)C(=O)O. The van der Waals surface area contributed by atoms with Crippen LogP contribution < -0.4 is 26.7 Å². The Kier molecular flexibility index (Phi) is 11.9. The summed E-state index contributed by atoms with van der Waals surface area (Å²) in [6.07, 6.45) is 6.72. The van der Waals surface area contributed by atoms with Crippen molar-refractivity contribution in [3.63, 3.8) is 0 Å². The van der Waals surface area contributed by atoms with E-state index >= 15 is 0 Å². The zero-order valence-corrected chi connectivity index (χ0v) is 18.6. The lowest BCUT2D eigenvalue weighted by atomic mass is 10.1. The summed E-state index contributed by atoms with van der Waals surface area (Å²) in [5.74, 6) is -1.63. The number of hydrogen-bond donors (Lipinski definition) is 6. The first kappa shape index (κ1) is 26.0. The monoisotopic (exact) mass is 456 g/mol. The highest BCUT2D eigenvalue weighted by atomic mass is 16.7. The van der Waals surface area contributed by atoms with Gasteiger partial charge in [0.1, 0.15) is 12.1 Å². The number of unbranched alkanes of at least 4 members (excludes halogenated alkanes) is 2. The Bertz CT molecular complexity index is 634. The average Bonchev–Trinajstić information content (AvgIpc) is 3.26. The van der Waals surface area contributed by atoms with Crippen molar-refractivity contribution < 1.29 is 29.1 Å². The fourth-order valence-corrected chi connectivity index (χ4v) is 3.27. The van der Waals surface area contributed by atoms with Crippen LogP contribution in [0.15, 0.2) is 4.99 Å². The van der Waals surface area contributed by atoms with Crippen LogP contribution in [-0.2, 0) is 19.2 Å². The Hall–Kier alpha value is -2.28. The van der Waals surface area contributed by atoms with Crippen molar-refractivity contribution in [3.8, 4) is 0 Å². The molecule has 0 radical (unpaired) electrons. The zero-order valence-electron chi connectivity index (χ0n) is 18.6. The van der Waals surface area contributed by atoms with Crippen LogP contribution in [0.3, 0.4) is 0 Å². The van der Waals surface area contributed by atoms with Gasteiger partial charge in [0, 0.05) is 25.7 Å². The normalized spacial score (nSPS) is 23.5. The Morgan fingerprint density at radius 1 is 1.31 bits per heavy atom. The van der Waals surface area contributed by atoms with Gasteiger partial charge >= 0.3 is 12.1 Å². The number of nitrogens with one attached hydrogen (secondary N) is 5. The van der Waals surface area contributed by atoms with Crippen LogP contribution in [0.5, 0.6) is 0 Å². The highest BCUT2D eigenvalue weighted by molar-refractivity contribution is 5.84. The lowest BCUT2D eigenvalue weighted by Crippen LogP contribution is -2.51. The summed E-state index contributed by atoms with van der Waals surface area (Å²) in [4.78, 5) is 45.1. The van der Waals surface area contributed by atoms with Crippen molar-refractivity contribution in [1.29, 1.82) is 0 Å². The van der Waals surface area contributed by atoms with Gasteiger partial charge in [-0.3, -0.25) is 25.3 Å². The quantitative estimate of drug-likeness (QED) is 0.195. The van der Waals surface area contributed by atoms with E-state index in [0.717, 1.165) is 45.2 Å². The van der Waals surface area contributed by atoms with Crippen molar-refractivity contribution in [2.45, 2.75) is 76.3 Å². The zero-order chi connectivity index (χ0) is 23.2. The van der Waals surface area contributed by atoms with Gasteiger partial charge < -0.3 is 20.5 Å². The summed E-state index contributed by atoms with van der Waals surface area (Å²) < 4.78 is 4.90. The van der Waals surface area contributed by atoms with Crippen LogP contribution in [0.25, 0.3) is 0 Å². The van der Waals surface area contributed by atoms with Crippen LogP contribution in [0.1, 0.15) is 51.9 Å². The number of hydroxylamine groups is 1. The molecular formula is C20H36N6O6. The van der Waals surface area contributed by atoms with Gasteiger partial charge in [-0.2, -0.15) is 5.48 Å². The third-order valence-electron chi connectivity index (χ3n) is 5.15. The van der Waals surface area contributed by atoms with E-state index in [4.69, 9.17) is 9.57 Å². The molecule has 6 N–H and O–H groups in total. The number of carbonyl (C=O) groups excluding carboxylic acids is 2. The molecule has 0 bridgehead atoms. The number of ether oxygens (including phenoxy) is 1. The maximum Gasteiger partial charge on any atom is 0.407 e. The Morgan fingerprint density at radius 3 is 2.88 bits per heavy atom. The number of rotatable bonds is 14. The Balaban J connectivity index is 1.59. The molecule has 12 nitrogen and oxygen atoms in total. The predicted octanol–water partition coefficient (Wildman–Crippen LogP) is -0.148. The third kappa shape index (κ3) is 9.90. The van der Waals surface area contributed by atoms with Gasteiger partial charge in [0.05, 0.1) is 12.7 Å². The highest BCUT2D eigenvalue weighted by Crippen LogP contribution is 2.16. The van der Waals surface area contributed by atoms with E-state index in [0.29, 0.717) is 12.8 Å². The molecule has 1 saturated heterocycles. The number of aliphatic carboxylic acids is 1. The Labute approximate surface area is 188 Å². The van der Waals surface area contributed by atoms with Crippen LogP contribution in [0, 0.1) is 0 Å². The molecule has 0 aromatic heterocycles.